The van der Waals surface area contributed by atoms with Crippen LogP contribution in [0, 0.1) is 5.82 Å². The lowest BCUT2D eigenvalue weighted by molar-refractivity contribution is 0.621. The minimum Gasteiger partial charge on any atom is -0.382 e. The van der Waals surface area contributed by atoms with Gasteiger partial charge in [0.2, 0.25) is 0 Å². The van der Waals surface area contributed by atoms with Gasteiger partial charge in [-0.15, -0.1) is 0 Å². The first-order valence-corrected chi connectivity index (χ1v) is 5.21. The molecule has 0 heterocycles. The maximum absolute atomic E-state index is 12.9. The first kappa shape index (κ1) is 11.2. The van der Waals surface area contributed by atoms with Crippen LogP contribution in [0.4, 0.5) is 10.1 Å². The van der Waals surface area contributed by atoms with Crippen LogP contribution in [0.2, 0.25) is 0 Å². The number of anilines is 1. The lowest BCUT2D eigenvalue weighted by Gasteiger charge is -2.04. The molecule has 76 valence electrons. The minimum atomic E-state index is -0.238. The molecule has 1 aromatic rings. The summed E-state index contributed by atoms with van der Waals surface area (Å²) in [6.07, 6.45) is 2.08. The standard InChI is InChI=1S/C11H13BrFN/c1-8(2)5-6-14-9-3-4-11(13)10(12)7-9/h3-5,7,14H,6H2,1-2H3. The summed E-state index contributed by atoms with van der Waals surface area (Å²) in [5.41, 5.74) is 2.18. The van der Waals surface area contributed by atoms with Gasteiger partial charge in [-0.25, -0.2) is 4.39 Å². The number of allylic oxidation sites excluding steroid dienone is 1. The summed E-state index contributed by atoms with van der Waals surface area (Å²) in [5, 5.41) is 3.17. The van der Waals surface area contributed by atoms with Crippen LogP contribution >= 0.6 is 15.9 Å². The van der Waals surface area contributed by atoms with E-state index in [1.165, 1.54) is 11.6 Å². The molecule has 0 spiro atoms. The zero-order chi connectivity index (χ0) is 10.6. The molecule has 0 aliphatic carbocycles. The van der Waals surface area contributed by atoms with Gasteiger partial charge < -0.3 is 5.32 Å². The Hall–Kier alpha value is -0.830. The van der Waals surface area contributed by atoms with Crippen molar-refractivity contribution < 1.29 is 4.39 Å². The van der Waals surface area contributed by atoms with Gasteiger partial charge in [0.25, 0.3) is 0 Å². The van der Waals surface area contributed by atoms with E-state index in [9.17, 15) is 4.39 Å². The van der Waals surface area contributed by atoms with Crippen LogP contribution in [0.1, 0.15) is 13.8 Å². The molecule has 0 amide bonds. The average molecular weight is 258 g/mol. The van der Waals surface area contributed by atoms with Crippen molar-refractivity contribution in [1.82, 2.24) is 0 Å². The Labute approximate surface area is 92.1 Å². The van der Waals surface area contributed by atoms with Crippen LogP contribution in [0.25, 0.3) is 0 Å². The smallest absolute Gasteiger partial charge is 0.137 e. The van der Waals surface area contributed by atoms with E-state index >= 15 is 0 Å². The van der Waals surface area contributed by atoms with Gasteiger partial charge in [-0.1, -0.05) is 11.6 Å². The summed E-state index contributed by atoms with van der Waals surface area (Å²) >= 11 is 3.14. The Bertz CT molecular complexity index is 343. The zero-order valence-corrected chi connectivity index (χ0v) is 9.86. The summed E-state index contributed by atoms with van der Waals surface area (Å²) in [6.45, 7) is 4.85. The van der Waals surface area contributed by atoms with Gasteiger partial charge in [0.05, 0.1) is 4.47 Å². The van der Waals surface area contributed by atoms with Crippen LogP contribution in [-0.2, 0) is 0 Å². The Morgan fingerprint density at radius 3 is 2.79 bits per heavy atom. The second-order valence-electron chi connectivity index (χ2n) is 3.29. The quantitative estimate of drug-likeness (QED) is 0.809. The van der Waals surface area contributed by atoms with E-state index in [1.807, 2.05) is 13.8 Å². The van der Waals surface area contributed by atoms with Crippen LogP contribution in [-0.4, -0.2) is 6.54 Å². The van der Waals surface area contributed by atoms with Crippen LogP contribution in [0.15, 0.2) is 34.3 Å². The van der Waals surface area contributed by atoms with E-state index in [-0.39, 0.29) is 5.82 Å². The monoisotopic (exact) mass is 257 g/mol. The molecule has 1 aromatic carbocycles. The van der Waals surface area contributed by atoms with Gasteiger partial charge in [-0.3, -0.25) is 0 Å². The van der Waals surface area contributed by atoms with Crippen molar-refractivity contribution in [3.05, 3.63) is 40.1 Å². The molecule has 0 saturated heterocycles. The second-order valence-corrected chi connectivity index (χ2v) is 4.15. The van der Waals surface area contributed by atoms with Gasteiger partial charge in [0.1, 0.15) is 5.82 Å². The molecule has 0 unspecified atom stereocenters. The number of benzene rings is 1. The Morgan fingerprint density at radius 2 is 2.21 bits per heavy atom. The Kier molecular flexibility index (Phi) is 4.14. The molecule has 1 rings (SSSR count). The van der Waals surface area contributed by atoms with Crippen molar-refractivity contribution in [1.29, 1.82) is 0 Å². The number of hydrogen-bond donors (Lipinski definition) is 1. The van der Waals surface area contributed by atoms with Crippen LogP contribution < -0.4 is 5.32 Å². The average Bonchev–Trinajstić information content (AvgIpc) is 2.10. The second kappa shape index (κ2) is 5.15. The maximum Gasteiger partial charge on any atom is 0.137 e. The van der Waals surface area contributed by atoms with Gasteiger partial charge in [0.15, 0.2) is 0 Å². The predicted molar refractivity (Wildman–Crippen MR) is 62.0 cm³/mol. The number of hydrogen-bond acceptors (Lipinski definition) is 1. The summed E-state index contributed by atoms with van der Waals surface area (Å²) < 4.78 is 13.3. The molecular formula is C11H13BrFN. The summed E-state index contributed by atoms with van der Waals surface area (Å²) in [5.74, 6) is -0.238. The number of rotatable bonds is 3. The summed E-state index contributed by atoms with van der Waals surface area (Å²) in [4.78, 5) is 0. The summed E-state index contributed by atoms with van der Waals surface area (Å²) in [6, 6.07) is 4.89. The number of halogens is 2. The molecule has 14 heavy (non-hydrogen) atoms. The fourth-order valence-electron chi connectivity index (χ4n) is 0.979. The van der Waals surface area contributed by atoms with Crippen molar-refractivity contribution in [3.8, 4) is 0 Å². The van der Waals surface area contributed by atoms with E-state index in [0.717, 1.165) is 12.2 Å². The van der Waals surface area contributed by atoms with E-state index in [1.54, 1.807) is 12.1 Å². The van der Waals surface area contributed by atoms with Crippen molar-refractivity contribution in [2.24, 2.45) is 0 Å². The topological polar surface area (TPSA) is 12.0 Å². The lowest BCUT2D eigenvalue weighted by atomic mass is 10.3. The number of nitrogens with one attached hydrogen (secondary N) is 1. The van der Waals surface area contributed by atoms with E-state index < -0.39 is 0 Å². The van der Waals surface area contributed by atoms with Crippen molar-refractivity contribution >= 4 is 21.6 Å². The first-order chi connectivity index (χ1) is 6.59. The normalized spacial score (nSPS) is 9.71. The van der Waals surface area contributed by atoms with Gasteiger partial charge >= 0.3 is 0 Å². The minimum absolute atomic E-state index is 0.238. The highest BCUT2D eigenvalue weighted by Gasteiger charge is 1.98. The molecule has 1 nitrogen and oxygen atoms in total. The molecule has 0 aromatic heterocycles. The van der Waals surface area contributed by atoms with Crippen molar-refractivity contribution in [2.45, 2.75) is 13.8 Å². The molecule has 0 saturated carbocycles. The highest BCUT2D eigenvalue weighted by molar-refractivity contribution is 9.10. The molecular weight excluding hydrogens is 245 g/mol. The molecule has 0 aliphatic rings. The third-order valence-electron chi connectivity index (χ3n) is 1.74. The molecule has 1 N–H and O–H groups in total. The predicted octanol–water partition coefficient (Wildman–Crippen LogP) is 3.97. The molecule has 3 heteroatoms. The molecule has 0 atom stereocenters. The molecule has 0 radical (unpaired) electrons. The highest BCUT2D eigenvalue weighted by Crippen LogP contribution is 2.19. The molecule has 0 bridgehead atoms. The lowest BCUT2D eigenvalue weighted by Crippen LogP contribution is -1.98. The third-order valence-corrected chi connectivity index (χ3v) is 2.34. The van der Waals surface area contributed by atoms with E-state index in [2.05, 4.69) is 27.3 Å². The largest absolute Gasteiger partial charge is 0.382 e. The van der Waals surface area contributed by atoms with Crippen LogP contribution in [0.3, 0.4) is 0 Å². The third kappa shape index (κ3) is 3.50. The SMILES string of the molecule is CC(C)=CCNc1ccc(F)c(Br)c1. The van der Waals surface area contributed by atoms with Crippen molar-refractivity contribution in [3.63, 3.8) is 0 Å². The first-order valence-electron chi connectivity index (χ1n) is 4.42. The molecule has 0 aliphatic heterocycles. The highest BCUT2D eigenvalue weighted by atomic mass is 79.9. The Balaban J connectivity index is 2.60. The van der Waals surface area contributed by atoms with Gasteiger partial charge in [-0.2, -0.15) is 0 Å². The van der Waals surface area contributed by atoms with E-state index in [0.29, 0.717) is 4.47 Å². The fourth-order valence-corrected chi connectivity index (χ4v) is 1.36. The Morgan fingerprint density at radius 1 is 1.50 bits per heavy atom. The van der Waals surface area contributed by atoms with E-state index in [4.69, 9.17) is 0 Å². The van der Waals surface area contributed by atoms with Crippen LogP contribution in [0.5, 0.6) is 0 Å². The molecule has 0 fully saturated rings. The van der Waals surface area contributed by atoms with Crippen molar-refractivity contribution in [2.75, 3.05) is 11.9 Å². The zero-order valence-electron chi connectivity index (χ0n) is 8.27. The maximum atomic E-state index is 12.9. The van der Waals surface area contributed by atoms with Gasteiger partial charge in [-0.05, 0) is 48.0 Å². The fraction of sp³-hybridized carbons (Fsp3) is 0.273. The summed E-state index contributed by atoms with van der Waals surface area (Å²) in [7, 11) is 0. The van der Waals surface area contributed by atoms with Gasteiger partial charge in [0, 0.05) is 12.2 Å².